The number of ether oxygens (including phenoxy) is 2. The van der Waals surface area contributed by atoms with Crippen LogP contribution in [0.1, 0.15) is 24.9 Å². The first-order valence-corrected chi connectivity index (χ1v) is 9.30. The summed E-state index contributed by atoms with van der Waals surface area (Å²) in [5.41, 5.74) is 1.89. The van der Waals surface area contributed by atoms with Gasteiger partial charge in [-0.15, -0.1) is 0 Å². The quantitative estimate of drug-likeness (QED) is 0.572. The van der Waals surface area contributed by atoms with Crippen LogP contribution >= 0.6 is 39.7 Å². The van der Waals surface area contributed by atoms with Crippen LogP contribution in [0.4, 0.5) is 5.69 Å². The maximum absolute atomic E-state index is 6.11. The zero-order chi connectivity index (χ0) is 18.4. The van der Waals surface area contributed by atoms with Gasteiger partial charge in [0.05, 0.1) is 25.3 Å². The van der Waals surface area contributed by atoms with Crippen molar-refractivity contribution >= 4 is 50.5 Å². The smallest absolute Gasteiger partial charge is 0.171 e. The Hall–Kier alpha value is -1.50. The standard InChI is InChI=1S/C18H20BrClN2O2S/c1-4-15(11-5-8-16(23-2)17(9-11)24-3)22-18(25)21-12-6-7-13(19)14(20)10-12/h5-10,15H,4H2,1-3H3,(H2,21,22,25). The highest BCUT2D eigenvalue weighted by Crippen LogP contribution is 2.31. The first-order valence-electron chi connectivity index (χ1n) is 7.73. The predicted molar refractivity (Wildman–Crippen MR) is 111 cm³/mol. The molecule has 0 aliphatic rings. The molecule has 134 valence electrons. The summed E-state index contributed by atoms with van der Waals surface area (Å²) in [7, 11) is 3.24. The van der Waals surface area contributed by atoms with Crippen LogP contribution in [-0.4, -0.2) is 19.3 Å². The van der Waals surface area contributed by atoms with E-state index >= 15 is 0 Å². The molecule has 4 nitrogen and oxygen atoms in total. The van der Waals surface area contributed by atoms with Crippen molar-refractivity contribution in [1.82, 2.24) is 5.32 Å². The second kappa shape index (κ2) is 9.27. The summed E-state index contributed by atoms with van der Waals surface area (Å²) in [6, 6.07) is 11.5. The zero-order valence-electron chi connectivity index (χ0n) is 14.2. The van der Waals surface area contributed by atoms with Crippen LogP contribution in [0, 0.1) is 0 Å². The minimum atomic E-state index is 0.0470. The minimum Gasteiger partial charge on any atom is -0.493 e. The molecule has 7 heteroatoms. The topological polar surface area (TPSA) is 42.5 Å². The lowest BCUT2D eigenvalue weighted by molar-refractivity contribution is 0.354. The van der Waals surface area contributed by atoms with Gasteiger partial charge in [0.25, 0.3) is 0 Å². The summed E-state index contributed by atoms with van der Waals surface area (Å²) in [6.45, 7) is 2.09. The molecule has 0 saturated carbocycles. The van der Waals surface area contributed by atoms with Crippen molar-refractivity contribution in [3.63, 3.8) is 0 Å². The first kappa shape index (κ1) is 19.8. The number of hydrogen-bond donors (Lipinski definition) is 2. The lowest BCUT2D eigenvalue weighted by Gasteiger charge is -2.21. The van der Waals surface area contributed by atoms with E-state index < -0.39 is 0 Å². The molecule has 1 atom stereocenters. The Kier molecular flexibility index (Phi) is 7.35. The van der Waals surface area contributed by atoms with Crippen LogP contribution in [0.3, 0.4) is 0 Å². The third-order valence-electron chi connectivity index (χ3n) is 3.70. The van der Waals surface area contributed by atoms with E-state index in [0.29, 0.717) is 21.6 Å². The van der Waals surface area contributed by atoms with Gasteiger partial charge in [-0.25, -0.2) is 0 Å². The zero-order valence-corrected chi connectivity index (χ0v) is 17.4. The second-order valence-electron chi connectivity index (χ2n) is 5.30. The fourth-order valence-corrected chi connectivity index (χ4v) is 3.08. The molecular formula is C18H20BrClN2O2S. The molecule has 0 aromatic heterocycles. The molecule has 0 aliphatic carbocycles. The predicted octanol–water partition coefficient (Wildman–Crippen LogP) is 5.56. The van der Waals surface area contributed by atoms with Gasteiger partial charge in [-0.1, -0.05) is 24.6 Å². The summed E-state index contributed by atoms with van der Waals surface area (Å²) in [5, 5.41) is 7.63. The summed E-state index contributed by atoms with van der Waals surface area (Å²) < 4.78 is 11.5. The monoisotopic (exact) mass is 442 g/mol. The van der Waals surface area contributed by atoms with Gasteiger partial charge in [0.2, 0.25) is 0 Å². The number of rotatable bonds is 6. The molecule has 0 spiro atoms. The molecule has 1 unspecified atom stereocenters. The molecular weight excluding hydrogens is 424 g/mol. The van der Waals surface area contributed by atoms with Gasteiger partial charge in [-0.3, -0.25) is 0 Å². The molecule has 2 aromatic rings. The number of thiocarbonyl (C=S) groups is 1. The Labute approximate surface area is 167 Å². The van der Waals surface area contributed by atoms with Gasteiger partial charge in [0, 0.05) is 10.2 Å². The van der Waals surface area contributed by atoms with E-state index in [1.54, 1.807) is 14.2 Å². The van der Waals surface area contributed by atoms with E-state index in [1.807, 2.05) is 36.4 Å². The lowest BCUT2D eigenvalue weighted by atomic mass is 10.0. The highest BCUT2D eigenvalue weighted by Gasteiger charge is 2.14. The lowest BCUT2D eigenvalue weighted by Crippen LogP contribution is -2.32. The Balaban J connectivity index is 2.10. The van der Waals surface area contributed by atoms with Crippen molar-refractivity contribution in [2.45, 2.75) is 19.4 Å². The highest BCUT2D eigenvalue weighted by molar-refractivity contribution is 9.10. The van der Waals surface area contributed by atoms with Gasteiger partial charge in [-0.2, -0.15) is 0 Å². The Bertz CT molecular complexity index is 758. The molecule has 0 saturated heterocycles. The van der Waals surface area contributed by atoms with E-state index in [-0.39, 0.29) is 6.04 Å². The van der Waals surface area contributed by atoms with Gasteiger partial charge in [-0.05, 0) is 70.5 Å². The average Bonchev–Trinajstić information content (AvgIpc) is 2.62. The van der Waals surface area contributed by atoms with Crippen molar-refractivity contribution < 1.29 is 9.47 Å². The number of benzene rings is 2. The van der Waals surface area contributed by atoms with Crippen LogP contribution in [0.2, 0.25) is 5.02 Å². The van der Waals surface area contributed by atoms with E-state index in [9.17, 15) is 0 Å². The fourth-order valence-electron chi connectivity index (χ4n) is 2.39. The average molecular weight is 444 g/mol. The van der Waals surface area contributed by atoms with Crippen LogP contribution in [0.5, 0.6) is 11.5 Å². The van der Waals surface area contributed by atoms with Crippen molar-refractivity contribution in [1.29, 1.82) is 0 Å². The van der Waals surface area contributed by atoms with Crippen LogP contribution in [-0.2, 0) is 0 Å². The van der Waals surface area contributed by atoms with E-state index in [4.69, 9.17) is 33.3 Å². The Morgan fingerprint density at radius 3 is 2.48 bits per heavy atom. The summed E-state index contributed by atoms with van der Waals surface area (Å²) >= 11 is 14.9. The normalized spacial score (nSPS) is 11.6. The van der Waals surface area contributed by atoms with Gasteiger partial charge in [0.15, 0.2) is 16.6 Å². The fraction of sp³-hybridized carbons (Fsp3) is 0.278. The van der Waals surface area contributed by atoms with Crippen LogP contribution in [0.25, 0.3) is 0 Å². The Morgan fingerprint density at radius 2 is 1.88 bits per heavy atom. The van der Waals surface area contributed by atoms with Crippen molar-refractivity contribution in [3.05, 3.63) is 51.5 Å². The van der Waals surface area contributed by atoms with E-state index in [1.165, 1.54) is 0 Å². The third kappa shape index (κ3) is 5.23. The van der Waals surface area contributed by atoms with Crippen molar-refractivity contribution in [2.75, 3.05) is 19.5 Å². The molecule has 0 fully saturated rings. The second-order valence-corrected chi connectivity index (χ2v) is 6.97. The highest BCUT2D eigenvalue weighted by atomic mass is 79.9. The summed E-state index contributed by atoms with van der Waals surface area (Å²) in [5.74, 6) is 1.39. The SMILES string of the molecule is CCC(NC(=S)Nc1ccc(Br)c(Cl)c1)c1ccc(OC)c(OC)c1. The minimum absolute atomic E-state index is 0.0470. The molecule has 0 radical (unpaired) electrons. The van der Waals surface area contributed by atoms with Crippen LogP contribution < -0.4 is 20.1 Å². The molecule has 0 amide bonds. The molecule has 0 aliphatic heterocycles. The van der Waals surface area contributed by atoms with E-state index in [0.717, 1.165) is 22.1 Å². The van der Waals surface area contributed by atoms with E-state index in [2.05, 4.69) is 33.5 Å². The molecule has 2 aromatic carbocycles. The number of nitrogens with one attached hydrogen (secondary N) is 2. The molecule has 2 rings (SSSR count). The number of hydrogen-bond acceptors (Lipinski definition) is 3. The third-order valence-corrected chi connectivity index (χ3v) is 5.15. The molecule has 0 bridgehead atoms. The molecule has 2 N–H and O–H groups in total. The molecule has 0 heterocycles. The largest absolute Gasteiger partial charge is 0.493 e. The summed E-state index contributed by atoms with van der Waals surface area (Å²) in [4.78, 5) is 0. The van der Waals surface area contributed by atoms with Crippen molar-refractivity contribution in [2.24, 2.45) is 0 Å². The molecule has 25 heavy (non-hydrogen) atoms. The number of halogens is 2. The maximum atomic E-state index is 6.11. The van der Waals surface area contributed by atoms with Gasteiger partial charge >= 0.3 is 0 Å². The number of anilines is 1. The van der Waals surface area contributed by atoms with Crippen molar-refractivity contribution in [3.8, 4) is 11.5 Å². The van der Waals surface area contributed by atoms with Gasteiger partial charge in [0.1, 0.15) is 0 Å². The van der Waals surface area contributed by atoms with Gasteiger partial charge < -0.3 is 20.1 Å². The first-order chi connectivity index (χ1) is 12.0. The van der Waals surface area contributed by atoms with Crippen LogP contribution in [0.15, 0.2) is 40.9 Å². The Morgan fingerprint density at radius 1 is 1.16 bits per heavy atom. The maximum Gasteiger partial charge on any atom is 0.171 e. The summed E-state index contributed by atoms with van der Waals surface area (Å²) in [6.07, 6.45) is 0.860. The number of methoxy groups -OCH3 is 2.